The van der Waals surface area contributed by atoms with Crippen molar-refractivity contribution in [3.05, 3.63) is 58.1 Å². The van der Waals surface area contributed by atoms with Crippen molar-refractivity contribution in [3.8, 4) is 11.5 Å². The van der Waals surface area contributed by atoms with Crippen molar-refractivity contribution in [2.24, 2.45) is 0 Å². The summed E-state index contributed by atoms with van der Waals surface area (Å²) in [5, 5.41) is 7.39. The maximum Gasteiger partial charge on any atom is 0.231 e. The summed E-state index contributed by atoms with van der Waals surface area (Å²) in [4.78, 5) is 0.624. The highest BCUT2D eigenvalue weighted by Crippen LogP contribution is 2.38. The summed E-state index contributed by atoms with van der Waals surface area (Å²) in [6.45, 7) is 3.10. The van der Waals surface area contributed by atoms with Crippen molar-refractivity contribution in [3.63, 3.8) is 0 Å². The SMILES string of the molecule is Cc1c(Cl)cccc1NC(=S)/C=C1\NCCc2cc3c(cc21)OCO3. The molecule has 0 spiro atoms. The predicted octanol–water partition coefficient (Wildman–Crippen LogP) is 4.30. The molecule has 0 bridgehead atoms. The molecule has 0 unspecified atom stereocenters. The molecule has 2 aliphatic heterocycles. The zero-order chi connectivity index (χ0) is 17.4. The van der Waals surface area contributed by atoms with E-state index in [0.29, 0.717) is 10.0 Å². The molecule has 2 aromatic rings. The standard InChI is InChI=1S/C19H17ClN2O2S/c1-11-14(20)3-2-4-15(11)22-19(25)9-16-13-8-18-17(23-10-24-18)7-12(13)5-6-21-16/h2-4,7-9,21H,5-6,10H2,1H3,(H,22,25)/b16-9-. The third kappa shape index (κ3) is 3.17. The molecule has 0 amide bonds. The third-order valence-corrected chi connectivity index (χ3v) is 5.03. The van der Waals surface area contributed by atoms with Crippen LogP contribution in [0.25, 0.3) is 5.70 Å². The molecule has 0 fully saturated rings. The van der Waals surface area contributed by atoms with Crippen molar-refractivity contribution in [2.75, 3.05) is 18.7 Å². The van der Waals surface area contributed by atoms with E-state index in [-0.39, 0.29) is 6.79 Å². The average Bonchev–Trinajstić information content (AvgIpc) is 3.05. The topological polar surface area (TPSA) is 42.5 Å². The Hall–Kier alpha value is -2.24. The van der Waals surface area contributed by atoms with Crippen molar-refractivity contribution in [1.29, 1.82) is 0 Å². The van der Waals surface area contributed by atoms with Crippen LogP contribution in [0.3, 0.4) is 0 Å². The van der Waals surface area contributed by atoms with Crippen LogP contribution in [0.15, 0.2) is 36.4 Å². The second kappa shape index (κ2) is 6.58. The summed E-state index contributed by atoms with van der Waals surface area (Å²) in [5.74, 6) is 1.59. The maximum absolute atomic E-state index is 6.17. The maximum atomic E-state index is 6.17. The number of fused-ring (bicyclic) bond motifs is 2. The predicted molar refractivity (Wildman–Crippen MR) is 105 cm³/mol. The molecule has 2 N–H and O–H groups in total. The highest BCUT2D eigenvalue weighted by Gasteiger charge is 2.21. The zero-order valence-corrected chi connectivity index (χ0v) is 15.3. The summed E-state index contributed by atoms with van der Waals surface area (Å²) in [5.41, 5.74) is 5.21. The molecular formula is C19H17ClN2O2S. The summed E-state index contributed by atoms with van der Waals surface area (Å²) >= 11 is 11.7. The molecule has 25 heavy (non-hydrogen) atoms. The van der Waals surface area contributed by atoms with Crippen molar-refractivity contribution < 1.29 is 9.47 Å². The van der Waals surface area contributed by atoms with E-state index in [9.17, 15) is 0 Å². The van der Waals surface area contributed by atoms with Crippen LogP contribution >= 0.6 is 23.8 Å². The van der Waals surface area contributed by atoms with Gasteiger partial charge >= 0.3 is 0 Å². The van der Waals surface area contributed by atoms with Crippen molar-refractivity contribution in [1.82, 2.24) is 5.32 Å². The second-order valence-electron chi connectivity index (χ2n) is 6.00. The van der Waals surface area contributed by atoms with Gasteiger partial charge in [0.05, 0.1) is 0 Å². The molecule has 4 rings (SSSR count). The number of nitrogens with one attached hydrogen (secondary N) is 2. The summed E-state index contributed by atoms with van der Waals surface area (Å²) in [6.07, 6.45) is 2.88. The molecule has 6 heteroatoms. The summed E-state index contributed by atoms with van der Waals surface area (Å²) in [6, 6.07) is 9.81. The van der Waals surface area contributed by atoms with Gasteiger partial charge in [0.2, 0.25) is 6.79 Å². The summed E-state index contributed by atoms with van der Waals surface area (Å²) in [7, 11) is 0. The first kappa shape index (κ1) is 16.2. The van der Waals surface area contributed by atoms with E-state index in [2.05, 4.69) is 16.7 Å². The van der Waals surface area contributed by atoms with Crippen LogP contribution in [-0.4, -0.2) is 18.3 Å². The van der Waals surface area contributed by atoms with Crippen molar-refractivity contribution >= 4 is 40.2 Å². The fourth-order valence-corrected chi connectivity index (χ4v) is 3.44. The van der Waals surface area contributed by atoms with Crippen LogP contribution in [0.4, 0.5) is 5.69 Å². The third-order valence-electron chi connectivity index (χ3n) is 4.40. The van der Waals surface area contributed by atoms with Gasteiger partial charge in [0.1, 0.15) is 4.99 Å². The molecule has 2 aliphatic rings. The van der Waals surface area contributed by atoms with Crippen molar-refractivity contribution in [2.45, 2.75) is 13.3 Å². The lowest BCUT2D eigenvalue weighted by molar-refractivity contribution is 0.174. The van der Waals surface area contributed by atoms with Crippen LogP contribution in [-0.2, 0) is 6.42 Å². The molecule has 0 saturated carbocycles. The fraction of sp³-hybridized carbons (Fsp3) is 0.211. The van der Waals surface area contributed by atoms with Crippen LogP contribution in [0.5, 0.6) is 11.5 Å². The molecule has 0 radical (unpaired) electrons. The Balaban J connectivity index is 1.62. The van der Waals surface area contributed by atoms with E-state index >= 15 is 0 Å². The van der Waals surface area contributed by atoms with Crippen LogP contribution < -0.4 is 20.1 Å². The number of hydrogen-bond acceptors (Lipinski definition) is 4. The second-order valence-corrected chi connectivity index (χ2v) is 6.85. The zero-order valence-electron chi connectivity index (χ0n) is 13.7. The Morgan fingerprint density at radius 2 is 2.08 bits per heavy atom. The first-order valence-electron chi connectivity index (χ1n) is 8.06. The Bertz CT molecular complexity index is 895. The first-order valence-corrected chi connectivity index (χ1v) is 8.85. The Labute approximate surface area is 156 Å². The van der Waals surface area contributed by atoms with Gasteiger partial charge in [0, 0.05) is 28.5 Å². The molecule has 2 aromatic carbocycles. The number of ether oxygens (including phenoxy) is 2. The first-order chi connectivity index (χ1) is 12.1. The lowest BCUT2D eigenvalue weighted by Crippen LogP contribution is -2.24. The van der Waals surface area contributed by atoms with Crippen LogP contribution in [0.1, 0.15) is 16.7 Å². The van der Waals surface area contributed by atoms with Gasteiger partial charge in [-0.2, -0.15) is 0 Å². The molecule has 0 saturated heterocycles. The Kier molecular flexibility index (Phi) is 4.27. The normalized spacial score (nSPS) is 16.3. The van der Waals surface area contributed by atoms with Gasteiger partial charge in [-0.15, -0.1) is 0 Å². The number of thiocarbonyl (C=S) groups is 1. The van der Waals surface area contributed by atoms with Gasteiger partial charge in [-0.3, -0.25) is 0 Å². The largest absolute Gasteiger partial charge is 0.454 e. The van der Waals surface area contributed by atoms with Gasteiger partial charge < -0.3 is 20.1 Å². The highest BCUT2D eigenvalue weighted by atomic mass is 35.5. The minimum absolute atomic E-state index is 0.277. The average molecular weight is 373 g/mol. The molecule has 4 nitrogen and oxygen atoms in total. The molecule has 0 atom stereocenters. The number of anilines is 1. The van der Waals surface area contributed by atoms with Crippen LogP contribution in [0, 0.1) is 6.92 Å². The summed E-state index contributed by atoms with van der Waals surface area (Å²) < 4.78 is 11.0. The van der Waals surface area contributed by atoms with E-state index in [0.717, 1.165) is 47.0 Å². The molecule has 2 heterocycles. The molecular weight excluding hydrogens is 356 g/mol. The lowest BCUT2D eigenvalue weighted by atomic mass is 9.97. The van der Waals surface area contributed by atoms with Crippen LogP contribution in [0.2, 0.25) is 5.02 Å². The smallest absolute Gasteiger partial charge is 0.231 e. The van der Waals surface area contributed by atoms with Gasteiger partial charge in [-0.05, 0) is 54.8 Å². The molecule has 0 aliphatic carbocycles. The minimum Gasteiger partial charge on any atom is -0.454 e. The van der Waals surface area contributed by atoms with E-state index in [4.69, 9.17) is 33.3 Å². The van der Waals surface area contributed by atoms with Gasteiger partial charge in [-0.1, -0.05) is 29.9 Å². The van der Waals surface area contributed by atoms with E-state index in [1.807, 2.05) is 37.3 Å². The lowest BCUT2D eigenvalue weighted by Gasteiger charge is -2.22. The van der Waals surface area contributed by atoms with E-state index in [1.165, 1.54) is 5.56 Å². The minimum atomic E-state index is 0.277. The monoisotopic (exact) mass is 372 g/mol. The molecule has 0 aromatic heterocycles. The fourth-order valence-electron chi connectivity index (χ4n) is 3.04. The molecule has 128 valence electrons. The number of benzene rings is 2. The highest BCUT2D eigenvalue weighted by molar-refractivity contribution is 7.81. The van der Waals surface area contributed by atoms with Gasteiger partial charge in [-0.25, -0.2) is 0 Å². The number of hydrogen-bond donors (Lipinski definition) is 2. The Morgan fingerprint density at radius 1 is 1.28 bits per heavy atom. The Morgan fingerprint density at radius 3 is 2.92 bits per heavy atom. The number of halogens is 1. The quantitative estimate of drug-likeness (QED) is 0.607. The van der Waals surface area contributed by atoms with Gasteiger partial charge in [0.25, 0.3) is 0 Å². The van der Waals surface area contributed by atoms with E-state index < -0.39 is 0 Å². The van der Waals surface area contributed by atoms with Gasteiger partial charge in [0.15, 0.2) is 11.5 Å². The van der Waals surface area contributed by atoms with E-state index in [1.54, 1.807) is 0 Å². The number of rotatable bonds is 2.